The van der Waals surface area contributed by atoms with Gasteiger partial charge in [0.15, 0.2) is 5.16 Å². The highest BCUT2D eigenvalue weighted by Crippen LogP contribution is 2.30. The summed E-state index contributed by atoms with van der Waals surface area (Å²) in [6.45, 7) is 4.55. The van der Waals surface area contributed by atoms with Crippen LogP contribution in [0.2, 0.25) is 0 Å². The first kappa shape index (κ1) is 13.8. The smallest absolute Gasteiger partial charge is 0.172 e. The van der Waals surface area contributed by atoms with E-state index in [9.17, 15) is 0 Å². The predicted molar refractivity (Wildman–Crippen MR) is 84.8 cm³/mol. The number of rotatable bonds is 4. The monoisotopic (exact) mass is 300 g/mol. The molecule has 5 nitrogen and oxygen atoms in total. The number of pyridine rings is 1. The lowest BCUT2D eigenvalue weighted by Crippen LogP contribution is -1.93. The Labute approximate surface area is 126 Å². The molecule has 2 aromatic heterocycles. The molecule has 2 heterocycles. The van der Waals surface area contributed by atoms with Crippen molar-refractivity contribution in [1.29, 1.82) is 0 Å². The zero-order chi connectivity index (χ0) is 14.8. The van der Waals surface area contributed by atoms with E-state index in [1.54, 1.807) is 0 Å². The Balaban J connectivity index is 1.92. The van der Waals surface area contributed by atoms with Gasteiger partial charge in [0.2, 0.25) is 0 Å². The molecule has 0 bridgehead atoms. The molecule has 0 aliphatic carbocycles. The molecular formula is C15H16N4OS. The van der Waals surface area contributed by atoms with Crippen LogP contribution < -0.4 is 10.5 Å². The predicted octanol–water partition coefficient (Wildman–Crippen LogP) is 3.40. The van der Waals surface area contributed by atoms with E-state index in [-0.39, 0.29) is 0 Å². The lowest BCUT2D eigenvalue weighted by Gasteiger charge is -2.02. The van der Waals surface area contributed by atoms with Crippen LogP contribution in [0.5, 0.6) is 5.75 Å². The molecule has 6 heteroatoms. The number of fused-ring (bicyclic) bond motifs is 1. The highest BCUT2D eigenvalue weighted by atomic mass is 32.2. The molecule has 3 N–H and O–H groups in total. The van der Waals surface area contributed by atoms with Crippen molar-refractivity contribution in [3.8, 4) is 5.75 Å². The average Bonchev–Trinajstić information content (AvgIpc) is 2.85. The number of aryl methyl sites for hydroxylation is 1. The van der Waals surface area contributed by atoms with E-state index in [0.717, 1.165) is 32.7 Å². The zero-order valence-electron chi connectivity index (χ0n) is 11.9. The Morgan fingerprint density at radius 2 is 2.10 bits per heavy atom. The third-order valence-corrected chi connectivity index (χ3v) is 3.87. The summed E-state index contributed by atoms with van der Waals surface area (Å²) in [5.41, 5.74) is 9.37. The lowest BCUT2D eigenvalue weighted by molar-refractivity contribution is 0.340. The Hall–Kier alpha value is -2.21. The number of hydrogen-bond donors (Lipinski definition) is 2. The normalized spacial score (nSPS) is 11.0. The van der Waals surface area contributed by atoms with Gasteiger partial charge in [-0.15, -0.1) is 0 Å². The molecule has 21 heavy (non-hydrogen) atoms. The van der Waals surface area contributed by atoms with E-state index in [1.165, 1.54) is 11.8 Å². The van der Waals surface area contributed by atoms with Gasteiger partial charge < -0.3 is 15.5 Å². The van der Waals surface area contributed by atoms with Crippen molar-refractivity contribution in [3.63, 3.8) is 0 Å². The fraction of sp³-hybridized carbons (Fsp3) is 0.200. The van der Waals surface area contributed by atoms with E-state index >= 15 is 0 Å². The number of H-pyrrole nitrogens is 1. The Morgan fingerprint density at radius 1 is 1.24 bits per heavy atom. The van der Waals surface area contributed by atoms with Crippen molar-refractivity contribution in [2.24, 2.45) is 0 Å². The van der Waals surface area contributed by atoms with Crippen molar-refractivity contribution in [1.82, 2.24) is 15.0 Å². The molecule has 0 saturated carbocycles. The molecule has 0 unspecified atom stereocenters. The van der Waals surface area contributed by atoms with Gasteiger partial charge in [0.05, 0.1) is 23.3 Å². The SMILES string of the molecule is CCOc1ccc2nc(Sc3nc(C)ccc3N)[nH]c2c1. The molecule has 0 fully saturated rings. The van der Waals surface area contributed by atoms with Crippen LogP contribution in [0.4, 0.5) is 5.69 Å². The van der Waals surface area contributed by atoms with Crippen LogP contribution >= 0.6 is 11.8 Å². The van der Waals surface area contributed by atoms with Crippen LogP contribution in [0.3, 0.4) is 0 Å². The van der Waals surface area contributed by atoms with Crippen LogP contribution in [-0.4, -0.2) is 21.6 Å². The summed E-state index contributed by atoms with van der Waals surface area (Å²) in [7, 11) is 0. The number of anilines is 1. The maximum absolute atomic E-state index is 5.95. The summed E-state index contributed by atoms with van der Waals surface area (Å²) in [6, 6.07) is 9.56. The van der Waals surface area contributed by atoms with Crippen LogP contribution in [-0.2, 0) is 0 Å². The molecule has 0 amide bonds. The third kappa shape index (κ3) is 2.95. The van der Waals surface area contributed by atoms with E-state index < -0.39 is 0 Å². The van der Waals surface area contributed by atoms with E-state index in [4.69, 9.17) is 10.5 Å². The molecule has 3 aromatic rings. The van der Waals surface area contributed by atoms with Gasteiger partial charge in [-0.05, 0) is 49.9 Å². The number of imidazole rings is 1. The Morgan fingerprint density at radius 3 is 2.90 bits per heavy atom. The van der Waals surface area contributed by atoms with Crippen LogP contribution in [0.25, 0.3) is 11.0 Å². The van der Waals surface area contributed by atoms with Crippen molar-refractivity contribution >= 4 is 28.5 Å². The number of nitrogens with one attached hydrogen (secondary N) is 1. The van der Waals surface area contributed by atoms with Gasteiger partial charge in [0.1, 0.15) is 10.8 Å². The first-order chi connectivity index (χ1) is 10.2. The molecule has 1 aromatic carbocycles. The van der Waals surface area contributed by atoms with Crippen molar-refractivity contribution in [2.45, 2.75) is 24.0 Å². The molecule has 0 aliphatic rings. The number of benzene rings is 1. The Bertz CT molecular complexity index is 784. The summed E-state index contributed by atoms with van der Waals surface area (Å²) >= 11 is 1.43. The molecule has 0 atom stereocenters. The van der Waals surface area contributed by atoms with Gasteiger partial charge >= 0.3 is 0 Å². The highest BCUT2D eigenvalue weighted by Gasteiger charge is 2.09. The number of ether oxygens (including phenoxy) is 1. The number of aromatic amines is 1. The minimum absolute atomic E-state index is 0.644. The van der Waals surface area contributed by atoms with E-state index in [1.807, 2.05) is 44.2 Å². The maximum Gasteiger partial charge on any atom is 0.172 e. The van der Waals surface area contributed by atoms with Crippen LogP contribution in [0, 0.1) is 6.92 Å². The topological polar surface area (TPSA) is 76.8 Å². The maximum atomic E-state index is 5.95. The standard InChI is InChI=1S/C15H16N4OS/c1-3-20-10-5-7-12-13(8-10)19-15(18-12)21-14-11(16)6-4-9(2)17-14/h4-8H,3,16H2,1-2H3,(H,18,19). The third-order valence-electron chi connectivity index (χ3n) is 2.96. The second-order valence-corrected chi connectivity index (χ2v) is 5.58. The molecule has 0 aliphatic heterocycles. The zero-order valence-corrected chi connectivity index (χ0v) is 12.7. The summed E-state index contributed by atoms with van der Waals surface area (Å²) in [4.78, 5) is 12.2. The van der Waals surface area contributed by atoms with E-state index in [2.05, 4.69) is 15.0 Å². The van der Waals surface area contributed by atoms with E-state index in [0.29, 0.717) is 12.3 Å². The molecule has 3 rings (SSSR count). The quantitative estimate of drug-likeness (QED) is 0.772. The first-order valence-electron chi connectivity index (χ1n) is 6.69. The molecular weight excluding hydrogens is 284 g/mol. The summed E-state index contributed by atoms with van der Waals surface area (Å²) in [6.07, 6.45) is 0. The first-order valence-corrected chi connectivity index (χ1v) is 7.51. The van der Waals surface area contributed by atoms with Gasteiger partial charge in [0, 0.05) is 11.8 Å². The molecule has 108 valence electrons. The fourth-order valence-electron chi connectivity index (χ4n) is 1.99. The minimum atomic E-state index is 0.644. The van der Waals surface area contributed by atoms with Gasteiger partial charge in [0.25, 0.3) is 0 Å². The van der Waals surface area contributed by atoms with Crippen LogP contribution in [0.1, 0.15) is 12.6 Å². The molecule has 0 radical (unpaired) electrons. The summed E-state index contributed by atoms with van der Waals surface area (Å²) in [5.74, 6) is 0.832. The number of nitrogen functional groups attached to an aromatic ring is 1. The summed E-state index contributed by atoms with van der Waals surface area (Å²) in [5, 5.41) is 1.53. The number of hydrogen-bond acceptors (Lipinski definition) is 5. The van der Waals surface area contributed by atoms with Crippen LogP contribution in [0.15, 0.2) is 40.5 Å². The van der Waals surface area contributed by atoms with Gasteiger partial charge in [-0.1, -0.05) is 0 Å². The van der Waals surface area contributed by atoms with Crippen molar-refractivity contribution in [3.05, 3.63) is 36.0 Å². The number of aromatic nitrogens is 3. The second-order valence-electron chi connectivity index (χ2n) is 4.60. The molecule has 0 spiro atoms. The second kappa shape index (κ2) is 5.65. The van der Waals surface area contributed by atoms with Crippen molar-refractivity contribution < 1.29 is 4.74 Å². The summed E-state index contributed by atoms with van der Waals surface area (Å²) < 4.78 is 5.49. The fourth-order valence-corrected chi connectivity index (χ4v) is 2.85. The largest absolute Gasteiger partial charge is 0.494 e. The highest BCUT2D eigenvalue weighted by molar-refractivity contribution is 7.99. The Kier molecular flexibility index (Phi) is 3.70. The van der Waals surface area contributed by atoms with Gasteiger partial charge in [-0.2, -0.15) is 0 Å². The van der Waals surface area contributed by atoms with Gasteiger partial charge in [-0.3, -0.25) is 0 Å². The average molecular weight is 300 g/mol. The number of nitrogens with two attached hydrogens (primary N) is 1. The van der Waals surface area contributed by atoms with Gasteiger partial charge in [-0.25, -0.2) is 9.97 Å². The number of nitrogens with zero attached hydrogens (tertiary/aromatic N) is 2. The minimum Gasteiger partial charge on any atom is -0.494 e. The lowest BCUT2D eigenvalue weighted by atomic mass is 10.3. The van der Waals surface area contributed by atoms with Crippen molar-refractivity contribution in [2.75, 3.05) is 12.3 Å². The molecule has 0 saturated heterocycles.